The van der Waals surface area contributed by atoms with E-state index in [1.807, 2.05) is 68.4 Å². The lowest BCUT2D eigenvalue weighted by Gasteiger charge is -2.09. The number of benzene rings is 3. The fourth-order valence-electron chi connectivity index (χ4n) is 2.79. The molecule has 4 nitrogen and oxygen atoms in total. The van der Waals surface area contributed by atoms with Gasteiger partial charge in [-0.05, 0) is 72.5 Å². The predicted octanol–water partition coefficient (Wildman–Crippen LogP) is 5.25. The number of amides is 2. The van der Waals surface area contributed by atoms with Gasteiger partial charge in [0, 0.05) is 21.2 Å². The maximum absolute atomic E-state index is 12.3. The largest absolute Gasteiger partial charge is 0.273 e. The first-order chi connectivity index (χ1) is 14.4. The number of carbonyl (C=O) groups excluding carboxylic acids is 2. The fourth-order valence-corrected chi connectivity index (χ4v) is 3.77. The highest BCUT2D eigenvalue weighted by Crippen LogP contribution is 2.24. The Bertz CT molecular complexity index is 1030. The van der Waals surface area contributed by atoms with Gasteiger partial charge in [0.15, 0.2) is 0 Å². The van der Waals surface area contributed by atoms with E-state index in [4.69, 9.17) is 11.6 Å². The van der Waals surface area contributed by atoms with Crippen molar-refractivity contribution in [2.45, 2.75) is 30.9 Å². The Labute approximate surface area is 186 Å². The summed E-state index contributed by atoms with van der Waals surface area (Å²) in [4.78, 5) is 25.5. The lowest BCUT2D eigenvalue weighted by atomic mass is 10.0. The van der Waals surface area contributed by atoms with Crippen LogP contribution in [-0.2, 0) is 17.0 Å². The van der Waals surface area contributed by atoms with Crippen LogP contribution in [0.1, 0.15) is 32.6 Å². The predicted molar refractivity (Wildman–Crippen MR) is 123 cm³/mol. The van der Waals surface area contributed by atoms with Crippen molar-refractivity contribution in [2.75, 3.05) is 0 Å². The van der Waals surface area contributed by atoms with E-state index < -0.39 is 0 Å². The molecule has 2 amide bonds. The van der Waals surface area contributed by atoms with Crippen molar-refractivity contribution >= 4 is 35.2 Å². The van der Waals surface area contributed by atoms with Gasteiger partial charge in [0.25, 0.3) is 5.91 Å². The summed E-state index contributed by atoms with van der Waals surface area (Å²) in [6.45, 7) is 4.04. The monoisotopic (exact) mass is 438 g/mol. The Morgan fingerprint density at radius 2 is 1.50 bits per heavy atom. The van der Waals surface area contributed by atoms with Crippen molar-refractivity contribution in [3.05, 3.63) is 99.6 Å². The van der Waals surface area contributed by atoms with Crippen LogP contribution >= 0.6 is 23.4 Å². The molecular formula is C24H23ClN2O2S. The van der Waals surface area contributed by atoms with E-state index in [1.54, 1.807) is 23.9 Å². The Balaban J connectivity index is 1.47. The molecule has 0 unspecified atom stereocenters. The topological polar surface area (TPSA) is 58.2 Å². The molecule has 0 atom stereocenters. The van der Waals surface area contributed by atoms with Crippen LogP contribution in [0, 0.1) is 13.8 Å². The molecule has 0 heterocycles. The zero-order valence-corrected chi connectivity index (χ0v) is 18.4. The van der Waals surface area contributed by atoms with Gasteiger partial charge >= 0.3 is 0 Å². The van der Waals surface area contributed by atoms with Crippen LogP contribution in [0.15, 0.2) is 71.6 Å². The fraction of sp³-hybridized carbons (Fsp3) is 0.167. The highest BCUT2D eigenvalue weighted by atomic mass is 35.5. The number of carbonyl (C=O) groups is 2. The van der Waals surface area contributed by atoms with Gasteiger partial charge in [-0.2, -0.15) is 0 Å². The first kappa shape index (κ1) is 21.9. The van der Waals surface area contributed by atoms with E-state index >= 15 is 0 Å². The minimum atomic E-state index is -0.347. The van der Waals surface area contributed by atoms with Crippen molar-refractivity contribution in [3.63, 3.8) is 0 Å². The smallest absolute Gasteiger partial charge is 0.269 e. The van der Waals surface area contributed by atoms with Crippen LogP contribution < -0.4 is 10.9 Å². The molecule has 0 aliphatic heterocycles. The minimum Gasteiger partial charge on any atom is -0.273 e. The second-order valence-electron chi connectivity index (χ2n) is 7.04. The zero-order valence-electron chi connectivity index (χ0n) is 16.9. The molecule has 0 saturated carbocycles. The standard InChI is InChI=1S/C24H23ClN2O2S/c1-16-3-4-19(13-17(16)2)14-23(28)26-27-24(29)20-7-5-18(6-8-20)15-30-22-11-9-21(25)10-12-22/h3-13H,14-15H2,1-2H3,(H,26,28)(H,27,29). The average molecular weight is 439 g/mol. The summed E-state index contributed by atoms with van der Waals surface area (Å²) in [6, 6.07) is 20.9. The van der Waals surface area contributed by atoms with Gasteiger partial charge in [0.1, 0.15) is 0 Å². The van der Waals surface area contributed by atoms with Gasteiger partial charge in [0.2, 0.25) is 5.91 Å². The van der Waals surface area contributed by atoms with Crippen LogP contribution in [0.3, 0.4) is 0 Å². The van der Waals surface area contributed by atoms with Crippen LogP contribution in [0.5, 0.6) is 0 Å². The molecule has 30 heavy (non-hydrogen) atoms. The van der Waals surface area contributed by atoms with E-state index in [9.17, 15) is 9.59 Å². The van der Waals surface area contributed by atoms with Crippen molar-refractivity contribution in [1.29, 1.82) is 0 Å². The molecule has 0 radical (unpaired) electrons. The van der Waals surface area contributed by atoms with Crippen LogP contribution in [0.4, 0.5) is 0 Å². The molecule has 3 aromatic carbocycles. The van der Waals surface area contributed by atoms with Crippen molar-refractivity contribution in [3.8, 4) is 0 Å². The van der Waals surface area contributed by atoms with Gasteiger partial charge < -0.3 is 0 Å². The average Bonchev–Trinajstić information content (AvgIpc) is 2.74. The number of rotatable bonds is 6. The Morgan fingerprint density at radius 1 is 0.833 bits per heavy atom. The second kappa shape index (κ2) is 10.3. The third-order valence-corrected chi connectivity index (χ3v) is 6.02. The molecular weight excluding hydrogens is 416 g/mol. The molecule has 3 aromatic rings. The number of hydrogen-bond acceptors (Lipinski definition) is 3. The van der Waals surface area contributed by atoms with Crippen LogP contribution in [-0.4, -0.2) is 11.8 Å². The molecule has 0 spiro atoms. The van der Waals surface area contributed by atoms with Gasteiger partial charge in [-0.25, -0.2) is 0 Å². The summed E-state index contributed by atoms with van der Waals surface area (Å²) >= 11 is 7.60. The normalized spacial score (nSPS) is 10.5. The highest BCUT2D eigenvalue weighted by molar-refractivity contribution is 7.98. The number of hydrazine groups is 1. The summed E-state index contributed by atoms with van der Waals surface area (Å²) < 4.78 is 0. The Hall–Kier alpha value is -2.76. The van der Waals surface area contributed by atoms with Gasteiger partial charge in [-0.3, -0.25) is 20.4 Å². The summed E-state index contributed by atoms with van der Waals surface area (Å²) in [6.07, 6.45) is 0.211. The van der Waals surface area contributed by atoms with Crippen LogP contribution in [0.25, 0.3) is 0 Å². The molecule has 0 aliphatic rings. The van der Waals surface area contributed by atoms with Gasteiger partial charge in [-0.15, -0.1) is 11.8 Å². The maximum Gasteiger partial charge on any atom is 0.269 e. The first-order valence-electron chi connectivity index (χ1n) is 9.53. The summed E-state index contributed by atoms with van der Waals surface area (Å²) in [5.74, 6) is 0.180. The minimum absolute atomic E-state index is 0.211. The summed E-state index contributed by atoms with van der Waals surface area (Å²) in [5, 5.41) is 0.718. The number of nitrogens with one attached hydrogen (secondary N) is 2. The van der Waals surface area contributed by atoms with E-state index in [1.165, 1.54) is 5.56 Å². The van der Waals surface area contributed by atoms with Crippen molar-refractivity contribution in [2.24, 2.45) is 0 Å². The Kier molecular flexibility index (Phi) is 7.55. The summed E-state index contributed by atoms with van der Waals surface area (Å²) in [7, 11) is 0. The van der Waals surface area contributed by atoms with E-state index in [2.05, 4.69) is 10.9 Å². The van der Waals surface area contributed by atoms with E-state index in [0.717, 1.165) is 32.4 Å². The lowest BCUT2D eigenvalue weighted by molar-refractivity contribution is -0.121. The molecule has 3 rings (SSSR count). The third-order valence-electron chi connectivity index (χ3n) is 4.69. The van der Waals surface area contributed by atoms with Gasteiger partial charge in [-0.1, -0.05) is 41.9 Å². The van der Waals surface area contributed by atoms with Crippen molar-refractivity contribution in [1.82, 2.24) is 10.9 Å². The molecule has 2 N–H and O–H groups in total. The molecule has 0 aromatic heterocycles. The van der Waals surface area contributed by atoms with E-state index in [0.29, 0.717) is 5.56 Å². The molecule has 0 bridgehead atoms. The summed E-state index contributed by atoms with van der Waals surface area (Å²) in [5.41, 5.74) is 9.77. The van der Waals surface area contributed by atoms with Crippen molar-refractivity contribution < 1.29 is 9.59 Å². The molecule has 0 aliphatic carbocycles. The van der Waals surface area contributed by atoms with Gasteiger partial charge in [0.05, 0.1) is 6.42 Å². The van der Waals surface area contributed by atoms with E-state index in [-0.39, 0.29) is 18.2 Å². The highest BCUT2D eigenvalue weighted by Gasteiger charge is 2.09. The second-order valence-corrected chi connectivity index (χ2v) is 8.52. The molecule has 154 valence electrons. The number of aryl methyl sites for hydroxylation is 2. The third kappa shape index (κ3) is 6.37. The number of thioether (sulfide) groups is 1. The Morgan fingerprint density at radius 3 is 2.17 bits per heavy atom. The molecule has 6 heteroatoms. The zero-order chi connectivity index (χ0) is 21.5. The molecule has 0 saturated heterocycles. The SMILES string of the molecule is Cc1ccc(CC(=O)NNC(=O)c2ccc(CSc3ccc(Cl)cc3)cc2)cc1C. The van der Waals surface area contributed by atoms with Crippen LogP contribution in [0.2, 0.25) is 5.02 Å². The number of halogens is 1. The first-order valence-corrected chi connectivity index (χ1v) is 10.9. The number of hydrogen-bond donors (Lipinski definition) is 2. The molecule has 0 fully saturated rings. The quantitative estimate of drug-likeness (QED) is 0.408. The maximum atomic E-state index is 12.3. The lowest BCUT2D eigenvalue weighted by Crippen LogP contribution is -2.42.